The van der Waals surface area contributed by atoms with Crippen molar-refractivity contribution in [3.05, 3.63) is 77.1 Å². The SMILES string of the molecule is COc1ccc([C@@H]2CC(=O)c3cn4nc(SCC(=O)c5ccccc5)nc4nc3C2)c(OC)c1. The first-order chi connectivity index (χ1) is 16.6. The molecule has 0 unspecified atom stereocenters. The highest BCUT2D eigenvalue weighted by Crippen LogP contribution is 2.38. The van der Waals surface area contributed by atoms with Crippen LogP contribution >= 0.6 is 11.8 Å². The quantitative estimate of drug-likeness (QED) is 0.293. The Morgan fingerprint density at radius 2 is 1.91 bits per heavy atom. The molecule has 2 heterocycles. The maximum Gasteiger partial charge on any atom is 0.253 e. The topological polar surface area (TPSA) is 95.7 Å². The normalized spacial score (nSPS) is 15.2. The van der Waals surface area contributed by atoms with Gasteiger partial charge in [-0.15, -0.1) is 5.10 Å². The molecule has 1 aliphatic carbocycles. The lowest BCUT2D eigenvalue weighted by Gasteiger charge is -2.24. The van der Waals surface area contributed by atoms with Gasteiger partial charge in [-0.1, -0.05) is 48.2 Å². The van der Waals surface area contributed by atoms with Gasteiger partial charge in [0, 0.05) is 30.2 Å². The first-order valence-electron chi connectivity index (χ1n) is 10.8. The third-order valence-electron chi connectivity index (χ3n) is 5.87. The second-order valence-electron chi connectivity index (χ2n) is 7.95. The minimum atomic E-state index is -0.0592. The molecule has 0 aliphatic heterocycles. The molecule has 4 aromatic rings. The maximum atomic E-state index is 13.0. The lowest BCUT2D eigenvalue weighted by Crippen LogP contribution is -2.21. The molecule has 0 bridgehead atoms. The van der Waals surface area contributed by atoms with Crippen LogP contribution in [0, 0.1) is 0 Å². The van der Waals surface area contributed by atoms with E-state index in [2.05, 4.69) is 15.1 Å². The average molecular weight is 475 g/mol. The van der Waals surface area contributed by atoms with Crippen LogP contribution in [0.3, 0.4) is 0 Å². The molecular formula is C25H22N4O4S. The Labute approximate surface area is 200 Å². The molecule has 0 radical (unpaired) electrons. The molecule has 2 aromatic carbocycles. The number of fused-ring (bicyclic) bond motifs is 2. The van der Waals surface area contributed by atoms with E-state index >= 15 is 0 Å². The highest BCUT2D eigenvalue weighted by Gasteiger charge is 2.30. The van der Waals surface area contributed by atoms with Crippen molar-refractivity contribution in [3.63, 3.8) is 0 Å². The molecule has 0 amide bonds. The van der Waals surface area contributed by atoms with Gasteiger partial charge in [0.2, 0.25) is 5.16 Å². The number of benzene rings is 2. The van der Waals surface area contributed by atoms with Gasteiger partial charge >= 0.3 is 0 Å². The van der Waals surface area contributed by atoms with Gasteiger partial charge in [-0.2, -0.15) is 4.98 Å². The zero-order valence-electron chi connectivity index (χ0n) is 18.7. The fraction of sp³-hybridized carbons (Fsp3) is 0.240. The number of thioether (sulfide) groups is 1. The maximum absolute atomic E-state index is 13.0. The number of carbonyl (C=O) groups is 2. The summed E-state index contributed by atoms with van der Waals surface area (Å²) in [7, 11) is 3.21. The van der Waals surface area contributed by atoms with Crippen molar-refractivity contribution in [3.8, 4) is 11.5 Å². The molecular weight excluding hydrogens is 452 g/mol. The third kappa shape index (κ3) is 4.26. The van der Waals surface area contributed by atoms with Gasteiger partial charge in [0.15, 0.2) is 11.6 Å². The van der Waals surface area contributed by atoms with Crippen molar-refractivity contribution in [2.45, 2.75) is 23.9 Å². The molecule has 0 N–H and O–H groups in total. The van der Waals surface area contributed by atoms with Gasteiger partial charge in [0.1, 0.15) is 11.5 Å². The summed E-state index contributed by atoms with van der Waals surface area (Å²) in [4.78, 5) is 34.5. The Morgan fingerprint density at radius 3 is 2.68 bits per heavy atom. The summed E-state index contributed by atoms with van der Waals surface area (Å²) in [6.45, 7) is 0. The standard InChI is InChI=1S/C25H22N4O4S/c1-32-17-8-9-18(23(12-17)33-2)16-10-20-19(21(30)11-16)13-29-24(26-20)27-25(28-29)34-14-22(31)15-6-4-3-5-7-15/h3-9,12-13,16H,10-11,14H2,1-2H3/t16-/m0/s1. The van der Waals surface area contributed by atoms with Crippen LogP contribution < -0.4 is 9.47 Å². The van der Waals surface area contributed by atoms with Gasteiger partial charge in [-0.3, -0.25) is 9.59 Å². The summed E-state index contributed by atoms with van der Waals surface area (Å²) < 4.78 is 12.3. The first kappa shape index (κ1) is 22.1. The molecule has 8 nitrogen and oxygen atoms in total. The summed E-state index contributed by atoms with van der Waals surface area (Å²) >= 11 is 1.25. The number of methoxy groups -OCH3 is 2. The third-order valence-corrected chi connectivity index (χ3v) is 6.71. The number of nitrogens with zero attached hydrogens (tertiary/aromatic N) is 4. The molecule has 0 saturated carbocycles. The van der Waals surface area contributed by atoms with E-state index in [4.69, 9.17) is 9.47 Å². The van der Waals surface area contributed by atoms with E-state index in [1.165, 1.54) is 16.3 Å². The number of hydrogen-bond donors (Lipinski definition) is 0. The fourth-order valence-corrected chi connectivity index (χ4v) is 4.86. The smallest absolute Gasteiger partial charge is 0.253 e. The molecule has 2 aromatic heterocycles. The highest BCUT2D eigenvalue weighted by molar-refractivity contribution is 7.99. The van der Waals surface area contributed by atoms with Crippen molar-refractivity contribution in [2.75, 3.05) is 20.0 Å². The average Bonchev–Trinajstić information content (AvgIpc) is 3.28. The van der Waals surface area contributed by atoms with Gasteiger partial charge in [-0.05, 0) is 18.1 Å². The Kier molecular flexibility index (Phi) is 6.02. The molecule has 34 heavy (non-hydrogen) atoms. The van der Waals surface area contributed by atoms with Crippen LogP contribution in [-0.2, 0) is 6.42 Å². The van der Waals surface area contributed by atoms with Crippen LogP contribution in [0.1, 0.15) is 44.3 Å². The summed E-state index contributed by atoms with van der Waals surface area (Å²) in [6.07, 6.45) is 2.63. The van der Waals surface area contributed by atoms with E-state index in [1.807, 2.05) is 36.4 Å². The van der Waals surface area contributed by atoms with Gasteiger partial charge in [0.25, 0.3) is 5.78 Å². The second-order valence-corrected chi connectivity index (χ2v) is 8.90. The van der Waals surface area contributed by atoms with E-state index in [1.54, 1.807) is 32.5 Å². The number of aromatic nitrogens is 4. The van der Waals surface area contributed by atoms with Crippen molar-refractivity contribution >= 4 is 29.1 Å². The summed E-state index contributed by atoms with van der Waals surface area (Å²) in [5, 5.41) is 4.86. The molecule has 1 atom stereocenters. The van der Waals surface area contributed by atoms with Gasteiger partial charge < -0.3 is 9.47 Å². The summed E-state index contributed by atoms with van der Waals surface area (Å²) in [5.41, 5.74) is 2.84. The second kappa shape index (κ2) is 9.26. The molecule has 9 heteroatoms. The van der Waals surface area contributed by atoms with E-state index in [-0.39, 0.29) is 23.2 Å². The van der Waals surface area contributed by atoms with E-state index < -0.39 is 0 Å². The minimum Gasteiger partial charge on any atom is -0.497 e. The number of carbonyl (C=O) groups excluding carboxylic acids is 2. The Bertz CT molecular complexity index is 1390. The molecule has 5 rings (SSSR count). The van der Waals surface area contributed by atoms with Crippen LogP contribution in [0.5, 0.6) is 11.5 Å². The lowest BCUT2D eigenvalue weighted by molar-refractivity contribution is 0.0961. The van der Waals surface area contributed by atoms with Crippen molar-refractivity contribution < 1.29 is 19.1 Å². The van der Waals surface area contributed by atoms with Crippen molar-refractivity contribution in [1.29, 1.82) is 0 Å². The van der Waals surface area contributed by atoms with Crippen molar-refractivity contribution in [1.82, 2.24) is 19.6 Å². The number of ether oxygens (including phenoxy) is 2. The number of rotatable bonds is 7. The Morgan fingerprint density at radius 1 is 1.09 bits per heavy atom. The van der Waals surface area contributed by atoms with E-state index in [9.17, 15) is 9.59 Å². The largest absolute Gasteiger partial charge is 0.497 e. The summed E-state index contributed by atoms with van der Waals surface area (Å²) in [6, 6.07) is 14.7. The zero-order valence-corrected chi connectivity index (χ0v) is 19.5. The van der Waals surface area contributed by atoms with E-state index in [0.29, 0.717) is 52.1 Å². The molecule has 0 fully saturated rings. The Balaban J connectivity index is 1.38. The van der Waals surface area contributed by atoms with Gasteiger partial charge in [-0.25, -0.2) is 9.50 Å². The zero-order chi connectivity index (χ0) is 23.7. The Hall–Kier alpha value is -3.72. The van der Waals surface area contributed by atoms with Crippen LogP contribution in [0.4, 0.5) is 0 Å². The minimum absolute atomic E-state index is 0.00230. The van der Waals surface area contributed by atoms with E-state index in [0.717, 1.165) is 5.56 Å². The number of ketones is 2. The van der Waals surface area contributed by atoms with Gasteiger partial charge in [0.05, 0.1) is 31.2 Å². The monoisotopic (exact) mass is 474 g/mol. The van der Waals surface area contributed by atoms with Crippen LogP contribution in [0.25, 0.3) is 5.78 Å². The van der Waals surface area contributed by atoms with Crippen LogP contribution in [0.2, 0.25) is 0 Å². The highest BCUT2D eigenvalue weighted by atomic mass is 32.2. The van der Waals surface area contributed by atoms with Crippen molar-refractivity contribution in [2.24, 2.45) is 0 Å². The molecule has 172 valence electrons. The molecule has 0 saturated heterocycles. The predicted molar refractivity (Wildman–Crippen MR) is 127 cm³/mol. The molecule has 0 spiro atoms. The number of hydrogen-bond acceptors (Lipinski definition) is 8. The number of Topliss-reactive ketones (excluding diaryl/α,β-unsaturated/α-hetero) is 2. The first-order valence-corrected chi connectivity index (χ1v) is 11.8. The fourth-order valence-electron chi connectivity index (χ4n) is 4.14. The lowest BCUT2D eigenvalue weighted by atomic mass is 9.82. The predicted octanol–water partition coefficient (Wildman–Crippen LogP) is 4.03. The molecule has 1 aliphatic rings. The van der Waals surface area contributed by atoms with Crippen LogP contribution in [-0.4, -0.2) is 51.1 Å². The summed E-state index contributed by atoms with van der Waals surface area (Å²) in [5.74, 6) is 1.96. The van der Waals surface area contributed by atoms with Crippen LogP contribution in [0.15, 0.2) is 59.9 Å².